The van der Waals surface area contributed by atoms with Crippen LogP contribution in [-0.4, -0.2) is 64.5 Å². The Kier molecular flexibility index (Phi) is 6.67. The molecule has 7 nitrogen and oxygen atoms in total. The summed E-state index contributed by atoms with van der Waals surface area (Å²) in [5.41, 5.74) is 2.21. The molecule has 0 saturated carbocycles. The van der Waals surface area contributed by atoms with Gasteiger partial charge in [0.05, 0.1) is 19.9 Å². The summed E-state index contributed by atoms with van der Waals surface area (Å²) in [5.74, 6) is 3.77. The second-order valence-corrected chi connectivity index (χ2v) is 7.90. The number of rotatable bonds is 6. The Morgan fingerprint density at radius 1 is 0.862 bits per heavy atom. The van der Waals surface area contributed by atoms with E-state index in [0.29, 0.717) is 5.92 Å². The van der Waals surface area contributed by atoms with Crippen molar-refractivity contribution in [2.75, 3.05) is 69.2 Å². The van der Waals surface area contributed by atoms with Crippen molar-refractivity contribution in [1.29, 1.82) is 0 Å². The SMILES string of the molecule is COc1cc(OC)cc(N2CCCN(c3cc(C(C)C)nc(N(C)C)n3)CC2)c1. The molecular formula is C22H33N5O2. The van der Waals surface area contributed by atoms with Gasteiger partial charge in [-0.3, -0.25) is 0 Å². The van der Waals surface area contributed by atoms with E-state index in [4.69, 9.17) is 19.4 Å². The van der Waals surface area contributed by atoms with E-state index in [2.05, 4.69) is 41.8 Å². The number of hydrogen-bond acceptors (Lipinski definition) is 7. The largest absolute Gasteiger partial charge is 0.497 e. The summed E-state index contributed by atoms with van der Waals surface area (Å²) in [7, 11) is 7.35. The predicted octanol–water partition coefficient (Wildman–Crippen LogP) is 3.40. The predicted molar refractivity (Wildman–Crippen MR) is 119 cm³/mol. The molecule has 1 aromatic heterocycles. The van der Waals surface area contributed by atoms with Crippen LogP contribution in [0.2, 0.25) is 0 Å². The standard InChI is InChI=1S/C22H33N5O2/c1-16(2)20-15-21(24-22(23-20)25(3)4)27-9-7-8-26(10-11-27)17-12-18(28-5)14-19(13-17)29-6/h12-16H,7-11H2,1-6H3. The lowest BCUT2D eigenvalue weighted by molar-refractivity contribution is 0.394. The maximum Gasteiger partial charge on any atom is 0.227 e. The first-order valence-corrected chi connectivity index (χ1v) is 10.2. The summed E-state index contributed by atoms with van der Waals surface area (Å²) in [6, 6.07) is 8.19. The van der Waals surface area contributed by atoms with E-state index in [-0.39, 0.29) is 0 Å². The highest BCUT2D eigenvalue weighted by Crippen LogP contribution is 2.30. The van der Waals surface area contributed by atoms with Crippen molar-refractivity contribution in [3.8, 4) is 11.5 Å². The topological polar surface area (TPSA) is 54.0 Å². The lowest BCUT2D eigenvalue weighted by atomic mass is 10.1. The van der Waals surface area contributed by atoms with Crippen molar-refractivity contribution >= 4 is 17.5 Å². The Labute approximate surface area is 174 Å². The summed E-state index contributed by atoms with van der Waals surface area (Å²) in [6.45, 7) is 8.11. The van der Waals surface area contributed by atoms with E-state index in [1.807, 2.05) is 25.1 Å². The number of benzene rings is 1. The molecule has 1 aromatic carbocycles. The number of aromatic nitrogens is 2. The zero-order valence-corrected chi connectivity index (χ0v) is 18.5. The van der Waals surface area contributed by atoms with Gasteiger partial charge in [0.25, 0.3) is 0 Å². The molecule has 3 rings (SSSR count). The van der Waals surface area contributed by atoms with E-state index >= 15 is 0 Å². The zero-order valence-electron chi connectivity index (χ0n) is 18.5. The van der Waals surface area contributed by atoms with Gasteiger partial charge in [-0.15, -0.1) is 0 Å². The molecule has 158 valence electrons. The average Bonchev–Trinajstić information content (AvgIpc) is 2.99. The fourth-order valence-corrected chi connectivity index (χ4v) is 3.48. The first-order valence-electron chi connectivity index (χ1n) is 10.2. The van der Waals surface area contributed by atoms with Crippen molar-refractivity contribution in [1.82, 2.24) is 9.97 Å². The Morgan fingerprint density at radius 2 is 1.48 bits per heavy atom. The number of nitrogens with zero attached hydrogens (tertiary/aromatic N) is 5. The van der Waals surface area contributed by atoms with Crippen molar-refractivity contribution in [2.24, 2.45) is 0 Å². The first-order chi connectivity index (χ1) is 13.9. The Bertz CT molecular complexity index is 776. The van der Waals surface area contributed by atoms with Gasteiger partial charge in [0.15, 0.2) is 0 Å². The molecule has 0 bridgehead atoms. The minimum Gasteiger partial charge on any atom is -0.497 e. The second-order valence-electron chi connectivity index (χ2n) is 7.90. The van der Waals surface area contributed by atoms with Crippen molar-refractivity contribution in [3.05, 3.63) is 30.0 Å². The van der Waals surface area contributed by atoms with Gasteiger partial charge in [0.2, 0.25) is 5.95 Å². The molecule has 0 N–H and O–H groups in total. The lowest BCUT2D eigenvalue weighted by Crippen LogP contribution is -2.31. The van der Waals surface area contributed by atoms with Crippen LogP contribution in [0.3, 0.4) is 0 Å². The van der Waals surface area contributed by atoms with Crippen LogP contribution in [0.25, 0.3) is 0 Å². The van der Waals surface area contributed by atoms with Crippen LogP contribution in [0, 0.1) is 0 Å². The fraction of sp³-hybridized carbons (Fsp3) is 0.545. The van der Waals surface area contributed by atoms with E-state index in [9.17, 15) is 0 Å². The van der Waals surface area contributed by atoms with E-state index in [1.54, 1.807) is 14.2 Å². The summed E-state index contributed by atoms with van der Waals surface area (Å²) in [4.78, 5) is 16.3. The Balaban J connectivity index is 1.82. The van der Waals surface area contributed by atoms with Gasteiger partial charge >= 0.3 is 0 Å². The smallest absolute Gasteiger partial charge is 0.227 e. The van der Waals surface area contributed by atoms with Crippen molar-refractivity contribution in [3.63, 3.8) is 0 Å². The highest BCUT2D eigenvalue weighted by molar-refractivity contribution is 5.56. The quantitative estimate of drug-likeness (QED) is 0.738. The number of hydrogen-bond donors (Lipinski definition) is 0. The summed E-state index contributed by atoms with van der Waals surface area (Å²) in [5, 5.41) is 0. The summed E-state index contributed by atoms with van der Waals surface area (Å²) in [6.07, 6.45) is 1.05. The highest BCUT2D eigenvalue weighted by Gasteiger charge is 2.20. The minimum atomic E-state index is 0.364. The molecule has 0 radical (unpaired) electrons. The lowest BCUT2D eigenvalue weighted by Gasteiger charge is -2.26. The van der Waals surface area contributed by atoms with Gasteiger partial charge < -0.3 is 24.2 Å². The van der Waals surface area contributed by atoms with Crippen LogP contribution in [0.4, 0.5) is 17.5 Å². The number of methoxy groups -OCH3 is 2. The van der Waals surface area contributed by atoms with Crippen molar-refractivity contribution < 1.29 is 9.47 Å². The average molecular weight is 400 g/mol. The molecule has 2 heterocycles. The molecule has 7 heteroatoms. The minimum absolute atomic E-state index is 0.364. The van der Waals surface area contributed by atoms with E-state index < -0.39 is 0 Å². The molecule has 1 saturated heterocycles. The van der Waals surface area contributed by atoms with Crippen LogP contribution in [0.1, 0.15) is 31.9 Å². The van der Waals surface area contributed by atoms with E-state index in [1.165, 1.54) is 0 Å². The third kappa shape index (κ3) is 5.02. The maximum atomic E-state index is 5.44. The monoisotopic (exact) mass is 399 g/mol. The van der Waals surface area contributed by atoms with Gasteiger partial charge in [-0.05, 0) is 12.3 Å². The van der Waals surface area contributed by atoms with Crippen LogP contribution in [0.15, 0.2) is 24.3 Å². The second kappa shape index (κ2) is 9.20. The van der Waals surface area contributed by atoms with Gasteiger partial charge in [-0.1, -0.05) is 13.8 Å². The molecular weight excluding hydrogens is 366 g/mol. The highest BCUT2D eigenvalue weighted by atomic mass is 16.5. The van der Waals surface area contributed by atoms with E-state index in [0.717, 1.165) is 67.2 Å². The normalized spacial score (nSPS) is 14.7. The Hall–Kier alpha value is -2.70. The molecule has 2 aromatic rings. The number of anilines is 3. The molecule has 1 aliphatic heterocycles. The molecule has 0 unspecified atom stereocenters. The summed E-state index contributed by atoms with van der Waals surface area (Å²) >= 11 is 0. The molecule has 0 atom stereocenters. The molecule has 1 fully saturated rings. The van der Waals surface area contributed by atoms with Crippen LogP contribution in [-0.2, 0) is 0 Å². The first kappa shape index (κ1) is 21.0. The van der Waals surface area contributed by atoms with Gasteiger partial charge in [0, 0.05) is 70.2 Å². The molecule has 0 aliphatic carbocycles. The molecule has 0 spiro atoms. The van der Waals surface area contributed by atoms with Crippen molar-refractivity contribution in [2.45, 2.75) is 26.2 Å². The summed E-state index contributed by atoms with van der Waals surface area (Å²) < 4.78 is 10.9. The third-order valence-corrected chi connectivity index (χ3v) is 5.23. The van der Waals surface area contributed by atoms with Crippen LogP contribution < -0.4 is 24.2 Å². The molecule has 0 amide bonds. The van der Waals surface area contributed by atoms with Crippen LogP contribution in [0.5, 0.6) is 11.5 Å². The number of ether oxygens (including phenoxy) is 2. The third-order valence-electron chi connectivity index (χ3n) is 5.23. The van der Waals surface area contributed by atoms with Gasteiger partial charge in [-0.2, -0.15) is 4.98 Å². The molecule has 29 heavy (non-hydrogen) atoms. The van der Waals surface area contributed by atoms with Gasteiger partial charge in [0.1, 0.15) is 17.3 Å². The van der Waals surface area contributed by atoms with Gasteiger partial charge in [-0.25, -0.2) is 4.98 Å². The fourth-order valence-electron chi connectivity index (χ4n) is 3.48. The Morgan fingerprint density at radius 3 is 2.07 bits per heavy atom. The maximum absolute atomic E-state index is 5.44. The molecule has 1 aliphatic rings. The zero-order chi connectivity index (χ0) is 21.0. The van der Waals surface area contributed by atoms with Crippen LogP contribution >= 0.6 is 0 Å².